The van der Waals surface area contributed by atoms with Crippen LogP contribution in [-0.4, -0.2) is 18.9 Å². The van der Waals surface area contributed by atoms with Crippen molar-refractivity contribution in [3.05, 3.63) is 42.0 Å². The van der Waals surface area contributed by atoms with Crippen molar-refractivity contribution >= 4 is 10.8 Å². The maximum atomic E-state index is 5.92. The summed E-state index contributed by atoms with van der Waals surface area (Å²) in [6, 6.07) is 13.3. The van der Waals surface area contributed by atoms with E-state index in [0.29, 0.717) is 12.0 Å². The number of fused-ring (bicyclic) bond motifs is 1. The van der Waals surface area contributed by atoms with Crippen LogP contribution in [0.4, 0.5) is 0 Å². The SMILES string of the molecule is CNC(CC(C)C)c1ccc2cc(OC(C)OC(C)(C)C)ccc2c1. The lowest BCUT2D eigenvalue weighted by atomic mass is 9.95. The minimum Gasteiger partial charge on any atom is -0.465 e. The van der Waals surface area contributed by atoms with E-state index < -0.39 is 0 Å². The summed E-state index contributed by atoms with van der Waals surface area (Å²) < 4.78 is 11.7. The topological polar surface area (TPSA) is 30.5 Å². The quantitative estimate of drug-likeness (QED) is 0.655. The van der Waals surface area contributed by atoms with Crippen LogP contribution >= 0.6 is 0 Å². The Morgan fingerprint density at radius 2 is 1.60 bits per heavy atom. The molecule has 0 amide bonds. The lowest BCUT2D eigenvalue weighted by Crippen LogP contribution is -2.29. The number of hydrogen-bond acceptors (Lipinski definition) is 3. The first-order valence-corrected chi connectivity index (χ1v) is 9.23. The number of nitrogens with one attached hydrogen (secondary N) is 1. The highest BCUT2D eigenvalue weighted by atomic mass is 16.7. The summed E-state index contributed by atoms with van der Waals surface area (Å²) in [6.45, 7) is 12.5. The average Bonchev–Trinajstić information content (AvgIpc) is 2.50. The van der Waals surface area contributed by atoms with Gasteiger partial charge in [-0.3, -0.25) is 0 Å². The molecule has 0 aliphatic carbocycles. The fourth-order valence-electron chi connectivity index (χ4n) is 3.14. The Kier molecular flexibility index (Phi) is 6.47. The van der Waals surface area contributed by atoms with E-state index in [1.807, 2.05) is 40.8 Å². The van der Waals surface area contributed by atoms with Crippen LogP contribution < -0.4 is 10.1 Å². The third-order valence-corrected chi connectivity index (χ3v) is 4.12. The molecule has 0 aliphatic heterocycles. The van der Waals surface area contributed by atoms with Crippen LogP contribution in [0.15, 0.2) is 36.4 Å². The first-order valence-electron chi connectivity index (χ1n) is 9.23. The molecule has 0 spiro atoms. The van der Waals surface area contributed by atoms with Crippen molar-refractivity contribution in [3.8, 4) is 5.75 Å². The van der Waals surface area contributed by atoms with Gasteiger partial charge in [-0.05, 0) is 81.6 Å². The molecule has 138 valence electrons. The van der Waals surface area contributed by atoms with Gasteiger partial charge in [-0.15, -0.1) is 0 Å². The zero-order chi connectivity index (χ0) is 18.6. The number of rotatable bonds is 7. The molecular formula is C22H33NO2. The molecule has 0 aliphatic rings. The van der Waals surface area contributed by atoms with E-state index in [1.165, 1.54) is 16.3 Å². The Morgan fingerprint density at radius 3 is 2.20 bits per heavy atom. The van der Waals surface area contributed by atoms with Crippen LogP contribution in [-0.2, 0) is 4.74 Å². The maximum Gasteiger partial charge on any atom is 0.197 e. The summed E-state index contributed by atoms with van der Waals surface area (Å²) in [6.07, 6.45) is 0.849. The second-order valence-corrected chi connectivity index (χ2v) is 8.15. The van der Waals surface area contributed by atoms with Gasteiger partial charge in [0.15, 0.2) is 6.29 Å². The van der Waals surface area contributed by atoms with Crippen molar-refractivity contribution in [2.45, 2.75) is 65.9 Å². The normalized spacial score (nSPS) is 14.7. The van der Waals surface area contributed by atoms with Gasteiger partial charge in [0.05, 0.1) is 5.60 Å². The molecule has 2 unspecified atom stereocenters. The largest absolute Gasteiger partial charge is 0.465 e. The van der Waals surface area contributed by atoms with Gasteiger partial charge in [0.2, 0.25) is 0 Å². The molecule has 0 heterocycles. The lowest BCUT2D eigenvalue weighted by Gasteiger charge is -2.25. The Hall–Kier alpha value is -1.58. The fraction of sp³-hybridized carbons (Fsp3) is 0.545. The average molecular weight is 344 g/mol. The maximum absolute atomic E-state index is 5.92. The molecule has 2 aromatic rings. The molecule has 0 saturated heterocycles. The van der Waals surface area contributed by atoms with Crippen molar-refractivity contribution in [2.75, 3.05) is 7.05 Å². The molecule has 0 saturated carbocycles. The van der Waals surface area contributed by atoms with E-state index in [1.54, 1.807) is 0 Å². The van der Waals surface area contributed by atoms with Gasteiger partial charge in [-0.25, -0.2) is 0 Å². The van der Waals surface area contributed by atoms with E-state index in [4.69, 9.17) is 9.47 Å². The second-order valence-electron chi connectivity index (χ2n) is 8.15. The second kappa shape index (κ2) is 8.20. The van der Waals surface area contributed by atoms with Crippen LogP contribution in [0.2, 0.25) is 0 Å². The van der Waals surface area contributed by atoms with Crippen molar-refractivity contribution in [2.24, 2.45) is 5.92 Å². The zero-order valence-electron chi connectivity index (χ0n) is 16.7. The van der Waals surface area contributed by atoms with Gasteiger partial charge < -0.3 is 14.8 Å². The summed E-state index contributed by atoms with van der Waals surface area (Å²) in [4.78, 5) is 0. The molecule has 25 heavy (non-hydrogen) atoms. The van der Waals surface area contributed by atoms with E-state index in [2.05, 4.69) is 49.5 Å². The summed E-state index contributed by atoms with van der Waals surface area (Å²) in [5, 5.41) is 5.85. The van der Waals surface area contributed by atoms with E-state index in [9.17, 15) is 0 Å². The highest BCUT2D eigenvalue weighted by Crippen LogP contribution is 2.28. The van der Waals surface area contributed by atoms with Crippen molar-refractivity contribution in [1.29, 1.82) is 0 Å². The molecule has 2 aromatic carbocycles. The molecule has 0 fully saturated rings. The van der Waals surface area contributed by atoms with Gasteiger partial charge in [-0.2, -0.15) is 0 Å². The molecule has 2 rings (SSSR count). The smallest absolute Gasteiger partial charge is 0.197 e. The predicted octanol–water partition coefficient (Wildman–Crippen LogP) is 5.69. The van der Waals surface area contributed by atoms with Gasteiger partial charge in [0, 0.05) is 6.04 Å². The third-order valence-electron chi connectivity index (χ3n) is 4.12. The van der Waals surface area contributed by atoms with Gasteiger partial charge in [0.25, 0.3) is 0 Å². The van der Waals surface area contributed by atoms with Crippen molar-refractivity contribution < 1.29 is 9.47 Å². The zero-order valence-corrected chi connectivity index (χ0v) is 16.7. The van der Waals surface area contributed by atoms with Crippen LogP contribution in [0.1, 0.15) is 59.6 Å². The summed E-state index contributed by atoms with van der Waals surface area (Å²) in [5.74, 6) is 1.50. The minimum atomic E-state index is -0.281. The molecule has 1 N–H and O–H groups in total. The number of hydrogen-bond donors (Lipinski definition) is 1. The number of ether oxygens (including phenoxy) is 2. The highest BCUT2D eigenvalue weighted by molar-refractivity contribution is 5.84. The van der Waals surface area contributed by atoms with E-state index >= 15 is 0 Å². The first kappa shape index (κ1) is 19.7. The first-order chi connectivity index (χ1) is 11.7. The van der Waals surface area contributed by atoms with Crippen LogP contribution in [0.5, 0.6) is 5.75 Å². The number of benzene rings is 2. The predicted molar refractivity (Wildman–Crippen MR) is 106 cm³/mol. The van der Waals surface area contributed by atoms with Crippen LogP contribution in [0, 0.1) is 5.92 Å². The monoisotopic (exact) mass is 343 g/mol. The van der Waals surface area contributed by atoms with E-state index in [-0.39, 0.29) is 11.9 Å². The third kappa shape index (κ3) is 6.02. The van der Waals surface area contributed by atoms with Gasteiger partial charge >= 0.3 is 0 Å². The molecule has 3 nitrogen and oxygen atoms in total. The minimum absolute atomic E-state index is 0.219. The fourth-order valence-corrected chi connectivity index (χ4v) is 3.14. The Bertz CT molecular complexity index is 688. The summed E-state index contributed by atoms with van der Waals surface area (Å²) >= 11 is 0. The van der Waals surface area contributed by atoms with Crippen molar-refractivity contribution in [1.82, 2.24) is 5.32 Å². The van der Waals surface area contributed by atoms with Gasteiger partial charge in [-0.1, -0.05) is 32.0 Å². The van der Waals surface area contributed by atoms with Crippen LogP contribution in [0.3, 0.4) is 0 Å². The molecular weight excluding hydrogens is 310 g/mol. The van der Waals surface area contributed by atoms with Gasteiger partial charge in [0.1, 0.15) is 5.75 Å². The standard InChI is InChI=1S/C22H33NO2/c1-15(2)12-21(23-7)19-9-8-18-14-20(11-10-17(18)13-19)24-16(3)25-22(4,5)6/h8-11,13-16,21,23H,12H2,1-7H3. The molecule has 3 heteroatoms. The van der Waals surface area contributed by atoms with Crippen molar-refractivity contribution in [3.63, 3.8) is 0 Å². The molecule has 0 bridgehead atoms. The molecule has 0 aromatic heterocycles. The Balaban J connectivity index is 2.17. The van der Waals surface area contributed by atoms with Crippen LogP contribution in [0.25, 0.3) is 10.8 Å². The molecule has 2 atom stereocenters. The molecule has 0 radical (unpaired) electrons. The highest BCUT2D eigenvalue weighted by Gasteiger charge is 2.16. The lowest BCUT2D eigenvalue weighted by molar-refractivity contribution is -0.140. The Labute approximate surface area is 152 Å². The summed E-state index contributed by atoms with van der Waals surface area (Å²) in [7, 11) is 2.03. The van der Waals surface area contributed by atoms with E-state index in [0.717, 1.165) is 12.2 Å². The summed E-state index contributed by atoms with van der Waals surface area (Å²) in [5.41, 5.74) is 1.12. The Morgan fingerprint density at radius 1 is 0.960 bits per heavy atom.